The Balaban J connectivity index is 3.70. The highest BCUT2D eigenvalue weighted by atomic mass is 31.2. The molecule has 0 spiro atoms. The van der Waals surface area contributed by atoms with E-state index in [0.717, 1.165) is 0 Å². The van der Waals surface area contributed by atoms with Gasteiger partial charge in [0.15, 0.2) is 6.86 Å². The molecule has 0 aromatic rings. The number of nitrogens with zero attached hydrogens (tertiary/aromatic N) is 1. The highest BCUT2D eigenvalue weighted by Crippen LogP contribution is 2.37. The summed E-state index contributed by atoms with van der Waals surface area (Å²) >= 11 is 0. The zero-order chi connectivity index (χ0) is 10.5. The molecule has 80 valence electrons. The number of phosphoric ester groups is 1. The molecule has 0 rings (SSSR count). The fraction of sp³-hybridized carbons (Fsp3) is 1.00. The van der Waals surface area contributed by atoms with Crippen molar-refractivity contribution in [2.75, 3.05) is 41.2 Å². The Bertz CT molecular complexity index is 194. The molecule has 13 heavy (non-hydrogen) atoms. The van der Waals surface area contributed by atoms with Gasteiger partial charge in [-0.15, -0.1) is 0 Å². The maximum Gasteiger partial charge on any atom is 0.270 e. The quantitative estimate of drug-likeness (QED) is 0.466. The number of halogens is 1. The van der Waals surface area contributed by atoms with E-state index in [1.165, 1.54) is 0 Å². The number of hydrogen-bond donors (Lipinski definition) is 0. The minimum Gasteiger partial charge on any atom is -0.756 e. The van der Waals surface area contributed by atoms with Crippen molar-refractivity contribution < 1.29 is 27.4 Å². The molecule has 0 amide bonds. The maximum absolute atomic E-state index is 11.5. The first-order chi connectivity index (χ1) is 5.77. The SMILES string of the molecule is C[N+](C)(C)CCOP(=O)([O-])OCF. The van der Waals surface area contributed by atoms with Crippen molar-refractivity contribution in [2.24, 2.45) is 0 Å². The summed E-state index contributed by atoms with van der Waals surface area (Å²) in [5, 5.41) is 0. The summed E-state index contributed by atoms with van der Waals surface area (Å²) in [6.07, 6.45) is 0. The number of likely N-dealkylation sites (N-methyl/N-ethyl adjacent to an activating group) is 1. The molecule has 5 nitrogen and oxygen atoms in total. The van der Waals surface area contributed by atoms with E-state index in [4.69, 9.17) is 0 Å². The molecule has 0 N–H and O–H groups in total. The molecule has 0 aliphatic rings. The summed E-state index contributed by atoms with van der Waals surface area (Å²) in [5.41, 5.74) is 0. The molecule has 1 atom stereocenters. The van der Waals surface area contributed by atoms with Gasteiger partial charge in [0.1, 0.15) is 13.2 Å². The van der Waals surface area contributed by atoms with E-state index in [-0.39, 0.29) is 6.61 Å². The molecular formula is C6H15FNO4P. The van der Waals surface area contributed by atoms with Crippen LogP contribution in [0.15, 0.2) is 0 Å². The predicted molar refractivity (Wildman–Crippen MR) is 43.5 cm³/mol. The van der Waals surface area contributed by atoms with Crippen LogP contribution in [0.1, 0.15) is 0 Å². The second-order valence-corrected chi connectivity index (χ2v) is 4.94. The summed E-state index contributed by atoms with van der Waals surface area (Å²) in [5.74, 6) is 0. The third-order valence-electron chi connectivity index (χ3n) is 1.22. The van der Waals surface area contributed by atoms with Gasteiger partial charge in [-0.25, -0.2) is 4.39 Å². The lowest BCUT2D eigenvalue weighted by Crippen LogP contribution is -2.37. The minimum absolute atomic E-state index is 0.00965. The van der Waals surface area contributed by atoms with Crippen LogP contribution in [-0.2, 0) is 13.6 Å². The molecule has 1 unspecified atom stereocenters. The van der Waals surface area contributed by atoms with Crippen LogP contribution < -0.4 is 4.89 Å². The van der Waals surface area contributed by atoms with Gasteiger partial charge in [-0.2, -0.15) is 0 Å². The summed E-state index contributed by atoms with van der Waals surface area (Å²) in [6.45, 7) is -0.892. The first-order valence-corrected chi connectivity index (χ1v) is 5.19. The van der Waals surface area contributed by atoms with E-state index in [9.17, 15) is 13.8 Å². The van der Waals surface area contributed by atoms with E-state index >= 15 is 0 Å². The van der Waals surface area contributed by atoms with Crippen LogP contribution >= 0.6 is 7.82 Å². The minimum atomic E-state index is -4.41. The van der Waals surface area contributed by atoms with Crippen LogP contribution in [0.3, 0.4) is 0 Å². The molecule has 0 radical (unpaired) electrons. The van der Waals surface area contributed by atoms with Crippen molar-refractivity contribution in [2.45, 2.75) is 0 Å². The zero-order valence-corrected chi connectivity index (χ0v) is 8.92. The first kappa shape index (κ1) is 13.0. The molecule has 0 fully saturated rings. The van der Waals surface area contributed by atoms with Gasteiger partial charge in [-0.3, -0.25) is 9.09 Å². The van der Waals surface area contributed by atoms with Gasteiger partial charge in [0.25, 0.3) is 7.82 Å². The fourth-order valence-electron chi connectivity index (χ4n) is 0.524. The van der Waals surface area contributed by atoms with Gasteiger partial charge in [0.05, 0.1) is 21.1 Å². The van der Waals surface area contributed by atoms with Crippen LogP contribution in [0.4, 0.5) is 4.39 Å². The van der Waals surface area contributed by atoms with Crippen LogP contribution in [0.25, 0.3) is 0 Å². The lowest BCUT2D eigenvalue weighted by molar-refractivity contribution is -0.870. The number of hydrogen-bond acceptors (Lipinski definition) is 4. The molecule has 0 aliphatic heterocycles. The molecule has 0 bridgehead atoms. The molecule has 0 aromatic heterocycles. The molecule has 0 heterocycles. The number of phosphoric acid groups is 1. The van der Waals surface area contributed by atoms with E-state index in [0.29, 0.717) is 11.0 Å². The topological polar surface area (TPSA) is 58.6 Å². The van der Waals surface area contributed by atoms with Crippen molar-refractivity contribution in [1.29, 1.82) is 0 Å². The highest BCUT2D eigenvalue weighted by Gasteiger charge is 2.12. The molecule has 0 aromatic carbocycles. The van der Waals surface area contributed by atoms with Crippen molar-refractivity contribution in [3.05, 3.63) is 0 Å². The van der Waals surface area contributed by atoms with Crippen LogP contribution in [-0.4, -0.2) is 45.6 Å². The Labute approximate surface area is 77.3 Å². The molecule has 0 aliphatic carbocycles. The van der Waals surface area contributed by atoms with Crippen LogP contribution in [0.5, 0.6) is 0 Å². The standard InChI is InChI=1S/C6H15FNO4P/c1-8(2,3)4-5-11-13(9,10)12-6-7/h4-6H2,1-3H3. The lowest BCUT2D eigenvalue weighted by atomic mass is 10.5. The monoisotopic (exact) mass is 215 g/mol. The van der Waals surface area contributed by atoms with Crippen molar-refractivity contribution in [1.82, 2.24) is 0 Å². The average molecular weight is 215 g/mol. The highest BCUT2D eigenvalue weighted by molar-refractivity contribution is 7.45. The Morgan fingerprint density at radius 1 is 1.38 bits per heavy atom. The number of quaternary nitrogens is 1. The van der Waals surface area contributed by atoms with Gasteiger partial charge in [-0.05, 0) is 0 Å². The Kier molecular flexibility index (Phi) is 5.02. The fourth-order valence-corrected chi connectivity index (χ4v) is 1.02. The molecule has 7 heteroatoms. The van der Waals surface area contributed by atoms with Crippen LogP contribution in [0, 0.1) is 0 Å². The summed E-state index contributed by atoms with van der Waals surface area (Å²) in [6, 6.07) is 0. The van der Waals surface area contributed by atoms with E-state index in [1.54, 1.807) is 0 Å². The smallest absolute Gasteiger partial charge is 0.270 e. The third-order valence-corrected chi connectivity index (χ3v) is 2.13. The molecule has 0 saturated heterocycles. The third kappa shape index (κ3) is 8.33. The number of rotatable bonds is 6. The maximum atomic E-state index is 11.5. The summed E-state index contributed by atoms with van der Waals surface area (Å²) in [7, 11) is 1.24. The van der Waals surface area contributed by atoms with Gasteiger partial charge in [-0.1, -0.05) is 0 Å². The average Bonchev–Trinajstić information content (AvgIpc) is 1.82. The zero-order valence-electron chi connectivity index (χ0n) is 8.03. The summed E-state index contributed by atoms with van der Waals surface area (Å²) in [4.78, 5) is 10.7. The van der Waals surface area contributed by atoms with E-state index < -0.39 is 14.7 Å². The Hall–Kier alpha value is -0.0000000000000000555. The summed E-state index contributed by atoms with van der Waals surface area (Å²) < 4.78 is 30.8. The first-order valence-electron chi connectivity index (χ1n) is 3.73. The van der Waals surface area contributed by atoms with Gasteiger partial charge >= 0.3 is 0 Å². The van der Waals surface area contributed by atoms with E-state index in [2.05, 4.69) is 9.05 Å². The van der Waals surface area contributed by atoms with Crippen molar-refractivity contribution in [3.8, 4) is 0 Å². The lowest BCUT2D eigenvalue weighted by Gasteiger charge is -2.26. The predicted octanol–water partition coefficient (Wildman–Crippen LogP) is 0.121. The second-order valence-electron chi connectivity index (χ2n) is 3.53. The van der Waals surface area contributed by atoms with Crippen molar-refractivity contribution in [3.63, 3.8) is 0 Å². The van der Waals surface area contributed by atoms with Gasteiger partial charge in [0, 0.05) is 0 Å². The Morgan fingerprint density at radius 3 is 2.31 bits per heavy atom. The molecule has 0 saturated carbocycles. The van der Waals surface area contributed by atoms with E-state index in [1.807, 2.05) is 21.1 Å². The second kappa shape index (κ2) is 5.02. The Morgan fingerprint density at radius 2 is 1.92 bits per heavy atom. The molecular weight excluding hydrogens is 200 g/mol. The largest absolute Gasteiger partial charge is 0.756 e. The van der Waals surface area contributed by atoms with Crippen LogP contribution in [0.2, 0.25) is 0 Å². The normalized spacial score (nSPS) is 17.0. The van der Waals surface area contributed by atoms with Gasteiger partial charge in [0.2, 0.25) is 0 Å². The number of alkyl halides is 1. The van der Waals surface area contributed by atoms with Gasteiger partial charge < -0.3 is 13.9 Å². The van der Waals surface area contributed by atoms with Crippen molar-refractivity contribution >= 4 is 7.82 Å².